The van der Waals surface area contributed by atoms with Crippen LogP contribution in [0.1, 0.15) is 15.9 Å². The molecule has 120 valence electrons. The Morgan fingerprint density at radius 2 is 1.42 bits per heavy atom. The molecule has 0 radical (unpaired) electrons. The van der Waals surface area contributed by atoms with Crippen LogP contribution >= 0.6 is 0 Å². The topological polar surface area (TPSA) is 29.5 Å². The van der Waals surface area contributed by atoms with E-state index in [4.69, 9.17) is 4.74 Å². The number of nitrogens with zero attached hydrogens (tertiary/aromatic N) is 1. The first-order chi connectivity index (χ1) is 11.7. The van der Waals surface area contributed by atoms with Crippen molar-refractivity contribution in [2.24, 2.45) is 0 Å². The Labute approximate surface area is 142 Å². The van der Waals surface area contributed by atoms with Crippen molar-refractivity contribution in [1.82, 2.24) is 0 Å². The summed E-state index contributed by atoms with van der Waals surface area (Å²) >= 11 is 0. The fraction of sp³-hybridized carbons (Fsp3) is 0.0952. The van der Waals surface area contributed by atoms with Crippen molar-refractivity contribution in [2.75, 3.05) is 11.9 Å². The molecule has 3 aromatic carbocycles. The van der Waals surface area contributed by atoms with E-state index in [2.05, 4.69) is 0 Å². The molecule has 0 unspecified atom stereocenters. The normalized spacial score (nSPS) is 10.2. The third kappa shape index (κ3) is 3.82. The fourth-order valence-corrected chi connectivity index (χ4v) is 2.39. The lowest BCUT2D eigenvalue weighted by atomic mass is 10.1. The molecule has 3 rings (SSSR count). The van der Waals surface area contributed by atoms with Crippen molar-refractivity contribution in [3.8, 4) is 5.75 Å². The lowest BCUT2D eigenvalue weighted by molar-refractivity contribution is 0.0993. The molecular weight excluding hydrogens is 298 g/mol. The number of carbonyl (C=O) groups is 1. The van der Waals surface area contributed by atoms with Gasteiger partial charge in [0, 0.05) is 18.3 Å². The van der Waals surface area contributed by atoms with Gasteiger partial charge in [-0.15, -0.1) is 0 Å². The van der Waals surface area contributed by atoms with Gasteiger partial charge in [0.2, 0.25) is 0 Å². The van der Waals surface area contributed by atoms with E-state index in [0.717, 1.165) is 17.0 Å². The summed E-state index contributed by atoms with van der Waals surface area (Å²) in [5, 5.41) is 0. The van der Waals surface area contributed by atoms with E-state index < -0.39 is 0 Å². The van der Waals surface area contributed by atoms with Gasteiger partial charge >= 0.3 is 0 Å². The third-order valence-electron chi connectivity index (χ3n) is 3.80. The number of ether oxygens (including phenoxy) is 1. The molecule has 3 aromatic rings. The maximum absolute atomic E-state index is 12.5. The van der Waals surface area contributed by atoms with Gasteiger partial charge in [0.15, 0.2) is 0 Å². The van der Waals surface area contributed by atoms with Gasteiger partial charge in [0.25, 0.3) is 5.91 Å². The second-order valence-corrected chi connectivity index (χ2v) is 5.50. The largest absolute Gasteiger partial charge is 0.489 e. The molecule has 0 spiro atoms. The molecule has 0 saturated carbocycles. The minimum Gasteiger partial charge on any atom is -0.489 e. The zero-order chi connectivity index (χ0) is 16.8. The van der Waals surface area contributed by atoms with Crippen LogP contribution in [-0.4, -0.2) is 13.0 Å². The Hall–Kier alpha value is -3.07. The number of hydrogen-bond donors (Lipinski definition) is 0. The zero-order valence-corrected chi connectivity index (χ0v) is 13.6. The molecule has 3 nitrogen and oxygen atoms in total. The zero-order valence-electron chi connectivity index (χ0n) is 13.6. The molecule has 0 aliphatic rings. The van der Waals surface area contributed by atoms with Crippen molar-refractivity contribution in [2.45, 2.75) is 6.61 Å². The van der Waals surface area contributed by atoms with Crippen LogP contribution in [-0.2, 0) is 6.61 Å². The van der Waals surface area contributed by atoms with Gasteiger partial charge in [-0.05, 0) is 42.0 Å². The van der Waals surface area contributed by atoms with Crippen LogP contribution in [0.2, 0.25) is 0 Å². The lowest BCUT2D eigenvalue weighted by Crippen LogP contribution is -2.26. The van der Waals surface area contributed by atoms with E-state index in [9.17, 15) is 4.79 Å². The highest BCUT2D eigenvalue weighted by Gasteiger charge is 2.12. The van der Waals surface area contributed by atoms with E-state index in [1.54, 1.807) is 11.9 Å². The predicted octanol–water partition coefficient (Wildman–Crippen LogP) is 4.54. The summed E-state index contributed by atoms with van der Waals surface area (Å²) in [6, 6.07) is 26.8. The third-order valence-corrected chi connectivity index (χ3v) is 3.80. The van der Waals surface area contributed by atoms with Crippen molar-refractivity contribution in [3.05, 3.63) is 96.1 Å². The Morgan fingerprint density at radius 3 is 2.04 bits per heavy atom. The minimum absolute atomic E-state index is 0.0308. The molecule has 0 fully saturated rings. The van der Waals surface area contributed by atoms with Crippen LogP contribution in [0.15, 0.2) is 84.9 Å². The first-order valence-electron chi connectivity index (χ1n) is 7.84. The number of anilines is 1. The first-order valence-corrected chi connectivity index (χ1v) is 7.84. The number of para-hydroxylation sites is 2. The van der Waals surface area contributed by atoms with Crippen LogP contribution in [0, 0.1) is 0 Å². The maximum atomic E-state index is 12.5. The molecule has 0 saturated heterocycles. The molecule has 0 aliphatic heterocycles. The van der Waals surface area contributed by atoms with Gasteiger partial charge in [-0.3, -0.25) is 4.79 Å². The Balaban J connectivity index is 1.64. The summed E-state index contributed by atoms with van der Waals surface area (Å²) in [7, 11) is 1.78. The highest BCUT2D eigenvalue weighted by molar-refractivity contribution is 6.05. The summed E-state index contributed by atoms with van der Waals surface area (Å²) in [6.07, 6.45) is 0. The molecule has 0 aromatic heterocycles. The minimum atomic E-state index is -0.0308. The van der Waals surface area contributed by atoms with E-state index in [-0.39, 0.29) is 5.91 Å². The van der Waals surface area contributed by atoms with Crippen molar-refractivity contribution < 1.29 is 9.53 Å². The highest BCUT2D eigenvalue weighted by atomic mass is 16.5. The summed E-state index contributed by atoms with van der Waals surface area (Å²) in [5.74, 6) is 0.804. The predicted molar refractivity (Wildman–Crippen MR) is 96.4 cm³/mol. The van der Waals surface area contributed by atoms with Gasteiger partial charge < -0.3 is 9.64 Å². The summed E-state index contributed by atoms with van der Waals surface area (Å²) in [4.78, 5) is 14.2. The van der Waals surface area contributed by atoms with Crippen molar-refractivity contribution >= 4 is 11.6 Å². The fourth-order valence-electron chi connectivity index (χ4n) is 2.39. The van der Waals surface area contributed by atoms with Crippen LogP contribution in [0.4, 0.5) is 5.69 Å². The van der Waals surface area contributed by atoms with Gasteiger partial charge in [0.1, 0.15) is 12.4 Å². The molecule has 0 heterocycles. The van der Waals surface area contributed by atoms with E-state index in [0.29, 0.717) is 12.2 Å². The summed E-state index contributed by atoms with van der Waals surface area (Å²) in [5.41, 5.74) is 2.56. The Bertz CT molecular complexity index is 783. The van der Waals surface area contributed by atoms with E-state index in [1.165, 1.54) is 0 Å². The number of benzene rings is 3. The molecular formula is C21H19NO2. The average Bonchev–Trinajstić information content (AvgIpc) is 2.67. The van der Waals surface area contributed by atoms with Crippen molar-refractivity contribution in [3.63, 3.8) is 0 Å². The van der Waals surface area contributed by atoms with E-state index >= 15 is 0 Å². The number of rotatable bonds is 5. The smallest absolute Gasteiger partial charge is 0.258 e. The first kappa shape index (κ1) is 15.8. The molecule has 24 heavy (non-hydrogen) atoms. The second-order valence-electron chi connectivity index (χ2n) is 5.50. The molecule has 0 N–H and O–H groups in total. The summed E-state index contributed by atoms with van der Waals surface area (Å²) < 4.78 is 5.71. The second kappa shape index (κ2) is 7.47. The van der Waals surface area contributed by atoms with Crippen LogP contribution < -0.4 is 9.64 Å². The van der Waals surface area contributed by atoms with Gasteiger partial charge in [-0.25, -0.2) is 0 Å². The number of amides is 1. The Kier molecular flexibility index (Phi) is 4.92. The van der Waals surface area contributed by atoms with E-state index in [1.807, 2.05) is 84.9 Å². The number of hydrogen-bond acceptors (Lipinski definition) is 2. The molecule has 0 atom stereocenters. The molecule has 3 heteroatoms. The van der Waals surface area contributed by atoms with Gasteiger partial charge in [-0.2, -0.15) is 0 Å². The monoisotopic (exact) mass is 317 g/mol. The van der Waals surface area contributed by atoms with Crippen LogP contribution in [0.25, 0.3) is 0 Å². The molecule has 0 aliphatic carbocycles. The maximum Gasteiger partial charge on any atom is 0.258 e. The summed E-state index contributed by atoms with van der Waals surface area (Å²) in [6.45, 7) is 0.479. The van der Waals surface area contributed by atoms with Crippen LogP contribution in [0.5, 0.6) is 5.75 Å². The lowest BCUT2D eigenvalue weighted by Gasteiger charge is -2.17. The van der Waals surface area contributed by atoms with Crippen LogP contribution in [0.3, 0.4) is 0 Å². The SMILES string of the molecule is CN(C(=O)c1ccc(COc2ccccc2)cc1)c1ccccc1. The molecule has 0 bridgehead atoms. The quantitative estimate of drug-likeness (QED) is 0.691. The van der Waals surface area contributed by atoms with Gasteiger partial charge in [-0.1, -0.05) is 48.5 Å². The van der Waals surface area contributed by atoms with Gasteiger partial charge in [0.05, 0.1) is 0 Å². The average molecular weight is 317 g/mol. The Morgan fingerprint density at radius 1 is 0.833 bits per heavy atom. The van der Waals surface area contributed by atoms with Crippen molar-refractivity contribution in [1.29, 1.82) is 0 Å². The standard InChI is InChI=1S/C21H19NO2/c1-22(19-8-4-2-5-9-19)21(23)18-14-12-17(13-15-18)16-24-20-10-6-3-7-11-20/h2-15H,16H2,1H3. The number of carbonyl (C=O) groups excluding carboxylic acids is 1. The highest BCUT2D eigenvalue weighted by Crippen LogP contribution is 2.16. The molecule has 1 amide bonds.